The van der Waals surface area contributed by atoms with Crippen LogP contribution in [-0.2, 0) is 7.05 Å². The van der Waals surface area contributed by atoms with Crippen LogP contribution in [-0.4, -0.2) is 9.78 Å². The quantitative estimate of drug-likeness (QED) is 0.746. The Kier molecular flexibility index (Phi) is 1.91. The van der Waals surface area contributed by atoms with E-state index in [0.29, 0.717) is 5.92 Å². The summed E-state index contributed by atoms with van der Waals surface area (Å²) in [6.45, 7) is 4.14. The zero-order valence-electron chi connectivity index (χ0n) is 8.54. The third-order valence-electron chi connectivity index (χ3n) is 3.03. The lowest BCUT2D eigenvalue weighted by Crippen LogP contribution is -2.14. The number of aryl methyl sites for hydroxylation is 2. The third-order valence-corrected chi connectivity index (χ3v) is 3.03. The fourth-order valence-electron chi connectivity index (χ4n) is 1.96. The molecule has 3 heteroatoms. The van der Waals surface area contributed by atoms with Crippen LogP contribution in [0.1, 0.15) is 35.8 Å². The van der Waals surface area contributed by atoms with E-state index < -0.39 is 0 Å². The van der Waals surface area contributed by atoms with Crippen LogP contribution >= 0.6 is 0 Å². The molecule has 2 N–H and O–H groups in total. The topological polar surface area (TPSA) is 43.8 Å². The molecule has 72 valence electrons. The van der Waals surface area contributed by atoms with Crippen LogP contribution in [0.15, 0.2) is 0 Å². The lowest BCUT2D eigenvalue weighted by atomic mass is 10.0. The van der Waals surface area contributed by atoms with Crippen LogP contribution in [0.4, 0.5) is 0 Å². The summed E-state index contributed by atoms with van der Waals surface area (Å²) in [6.07, 6.45) is 2.57. The molecule has 0 bridgehead atoms. The van der Waals surface area contributed by atoms with Crippen LogP contribution in [0.2, 0.25) is 0 Å². The molecule has 0 spiro atoms. The highest BCUT2D eigenvalue weighted by molar-refractivity contribution is 5.29. The minimum absolute atomic E-state index is 0.216. The summed E-state index contributed by atoms with van der Waals surface area (Å²) in [4.78, 5) is 0. The molecule has 1 fully saturated rings. The number of aromatic nitrogens is 2. The van der Waals surface area contributed by atoms with E-state index in [2.05, 4.69) is 12.0 Å². The largest absolute Gasteiger partial charge is 0.324 e. The maximum absolute atomic E-state index is 6.16. The van der Waals surface area contributed by atoms with Gasteiger partial charge < -0.3 is 5.73 Å². The predicted molar refractivity (Wildman–Crippen MR) is 52.3 cm³/mol. The predicted octanol–water partition coefficient (Wildman–Crippen LogP) is 1.45. The Morgan fingerprint density at radius 2 is 2.08 bits per heavy atom. The Morgan fingerprint density at radius 1 is 1.46 bits per heavy atom. The first-order valence-corrected chi connectivity index (χ1v) is 4.87. The lowest BCUT2D eigenvalue weighted by molar-refractivity contribution is 0.624. The van der Waals surface area contributed by atoms with Crippen molar-refractivity contribution in [3.05, 3.63) is 17.0 Å². The molecule has 1 aromatic heterocycles. The summed E-state index contributed by atoms with van der Waals surface area (Å²) in [7, 11) is 1.98. The summed E-state index contributed by atoms with van der Waals surface area (Å²) >= 11 is 0. The van der Waals surface area contributed by atoms with E-state index in [4.69, 9.17) is 5.73 Å². The van der Waals surface area contributed by atoms with Crippen LogP contribution in [0, 0.1) is 19.8 Å². The average Bonchev–Trinajstić information content (AvgIpc) is 2.82. The number of nitrogens with two attached hydrogens (primary N) is 1. The van der Waals surface area contributed by atoms with Gasteiger partial charge in [0.2, 0.25) is 0 Å². The molecule has 1 aliphatic rings. The van der Waals surface area contributed by atoms with Crippen molar-refractivity contribution in [1.82, 2.24) is 9.78 Å². The monoisotopic (exact) mass is 179 g/mol. The zero-order chi connectivity index (χ0) is 9.59. The van der Waals surface area contributed by atoms with Gasteiger partial charge in [0.25, 0.3) is 0 Å². The molecule has 1 heterocycles. The third kappa shape index (κ3) is 1.37. The van der Waals surface area contributed by atoms with Crippen molar-refractivity contribution in [2.24, 2.45) is 18.7 Å². The maximum Gasteiger partial charge on any atom is 0.0644 e. The molecule has 0 aliphatic heterocycles. The van der Waals surface area contributed by atoms with Gasteiger partial charge in [-0.2, -0.15) is 5.10 Å². The molecule has 1 aromatic rings. The second kappa shape index (κ2) is 2.84. The van der Waals surface area contributed by atoms with Gasteiger partial charge in [0.05, 0.1) is 5.69 Å². The van der Waals surface area contributed by atoms with Crippen molar-refractivity contribution in [2.45, 2.75) is 32.7 Å². The smallest absolute Gasteiger partial charge is 0.0644 e. The van der Waals surface area contributed by atoms with Crippen molar-refractivity contribution in [3.63, 3.8) is 0 Å². The molecule has 1 unspecified atom stereocenters. The maximum atomic E-state index is 6.16. The number of hydrogen-bond acceptors (Lipinski definition) is 2. The normalized spacial score (nSPS) is 19.1. The molecule has 13 heavy (non-hydrogen) atoms. The summed E-state index contributed by atoms with van der Waals surface area (Å²) in [6, 6.07) is 0.216. The molecule has 1 aliphatic carbocycles. The Morgan fingerprint density at radius 3 is 2.46 bits per heavy atom. The van der Waals surface area contributed by atoms with E-state index in [1.54, 1.807) is 0 Å². The van der Waals surface area contributed by atoms with Gasteiger partial charge in [-0.25, -0.2) is 0 Å². The standard InChI is InChI=1S/C10H17N3/c1-6-9(7(2)13(3)12-6)10(11)8-4-5-8/h8,10H,4-5,11H2,1-3H3. The SMILES string of the molecule is Cc1nn(C)c(C)c1C(N)C1CC1. The fourth-order valence-corrected chi connectivity index (χ4v) is 1.96. The van der Waals surface area contributed by atoms with Gasteiger partial charge in [-0.15, -0.1) is 0 Å². The van der Waals surface area contributed by atoms with Crippen LogP contribution in [0.5, 0.6) is 0 Å². The Bertz CT molecular complexity index is 323. The Hall–Kier alpha value is -0.830. The first kappa shape index (κ1) is 8.75. The van der Waals surface area contributed by atoms with E-state index in [1.165, 1.54) is 24.1 Å². The minimum atomic E-state index is 0.216. The highest BCUT2D eigenvalue weighted by Gasteiger charge is 2.32. The number of nitrogens with zero attached hydrogens (tertiary/aromatic N) is 2. The Balaban J connectivity index is 2.36. The summed E-state index contributed by atoms with van der Waals surface area (Å²) in [5, 5.41) is 4.38. The lowest BCUT2D eigenvalue weighted by Gasteiger charge is -2.10. The summed E-state index contributed by atoms with van der Waals surface area (Å²) in [5.74, 6) is 0.710. The van der Waals surface area contributed by atoms with Gasteiger partial charge in [0, 0.05) is 24.3 Å². The van der Waals surface area contributed by atoms with Crippen LogP contribution in [0.25, 0.3) is 0 Å². The van der Waals surface area contributed by atoms with E-state index >= 15 is 0 Å². The van der Waals surface area contributed by atoms with Gasteiger partial charge in [-0.3, -0.25) is 4.68 Å². The van der Waals surface area contributed by atoms with Crippen LogP contribution in [0.3, 0.4) is 0 Å². The fraction of sp³-hybridized carbons (Fsp3) is 0.700. The highest BCUT2D eigenvalue weighted by atomic mass is 15.3. The second-order valence-corrected chi connectivity index (χ2v) is 4.07. The molecule has 1 atom stereocenters. The first-order chi connectivity index (χ1) is 6.11. The average molecular weight is 179 g/mol. The highest BCUT2D eigenvalue weighted by Crippen LogP contribution is 2.40. The molecule has 0 radical (unpaired) electrons. The minimum Gasteiger partial charge on any atom is -0.324 e. The van der Waals surface area contributed by atoms with Crippen molar-refractivity contribution in [1.29, 1.82) is 0 Å². The van der Waals surface area contributed by atoms with E-state index in [1.807, 2.05) is 18.7 Å². The first-order valence-electron chi connectivity index (χ1n) is 4.87. The summed E-state index contributed by atoms with van der Waals surface area (Å²) < 4.78 is 1.92. The number of rotatable bonds is 2. The molecular formula is C10H17N3. The van der Waals surface area contributed by atoms with Crippen LogP contribution < -0.4 is 5.73 Å². The zero-order valence-corrected chi connectivity index (χ0v) is 8.54. The molecule has 0 aromatic carbocycles. The second-order valence-electron chi connectivity index (χ2n) is 4.07. The van der Waals surface area contributed by atoms with Crippen molar-refractivity contribution < 1.29 is 0 Å². The molecule has 3 nitrogen and oxygen atoms in total. The molecule has 0 amide bonds. The van der Waals surface area contributed by atoms with Gasteiger partial charge in [0.15, 0.2) is 0 Å². The molecule has 0 saturated heterocycles. The van der Waals surface area contributed by atoms with Crippen molar-refractivity contribution >= 4 is 0 Å². The van der Waals surface area contributed by atoms with Crippen molar-refractivity contribution in [3.8, 4) is 0 Å². The van der Waals surface area contributed by atoms with Gasteiger partial charge in [-0.05, 0) is 32.6 Å². The van der Waals surface area contributed by atoms with Crippen molar-refractivity contribution in [2.75, 3.05) is 0 Å². The van der Waals surface area contributed by atoms with Gasteiger partial charge >= 0.3 is 0 Å². The van der Waals surface area contributed by atoms with Gasteiger partial charge in [-0.1, -0.05) is 0 Å². The molecule has 1 saturated carbocycles. The van der Waals surface area contributed by atoms with E-state index in [-0.39, 0.29) is 6.04 Å². The molecule has 2 rings (SSSR count). The number of hydrogen-bond donors (Lipinski definition) is 1. The summed E-state index contributed by atoms with van der Waals surface area (Å²) in [5.41, 5.74) is 9.75. The Labute approximate surface area is 78.9 Å². The van der Waals surface area contributed by atoms with E-state index in [0.717, 1.165) is 5.69 Å². The molecular weight excluding hydrogens is 162 g/mol. The van der Waals surface area contributed by atoms with E-state index in [9.17, 15) is 0 Å². The van der Waals surface area contributed by atoms with Gasteiger partial charge in [0.1, 0.15) is 0 Å².